The summed E-state index contributed by atoms with van der Waals surface area (Å²) >= 11 is 0. The second kappa shape index (κ2) is 15.5. The minimum atomic E-state index is -0.447. The van der Waals surface area contributed by atoms with E-state index in [1.54, 1.807) is 313 Å². The predicted molar refractivity (Wildman–Crippen MR) is 507 cm³/mol. The van der Waals surface area contributed by atoms with Gasteiger partial charge in [0.2, 0.25) is 0 Å². The Kier molecular flexibility index (Phi) is 6.93. The second-order valence-electron chi connectivity index (χ2n) is 39.2. The van der Waals surface area contributed by atoms with E-state index in [0.717, 1.165) is 107 Å². The summed E-state index contributed by atoms with van der Waals surface area (Å²) in [7, 11) is 2.56. The van der Waals surface area contributed by atoms with Gasteiger partial charge < -0.3 is 19.4 Å². The highest BCUT2D eigenvalue weighted by Gasteiger charge is 2.76. The van der Waals surface area contributed by atoms with Crippen molar-refractivity contribution in [1.29, 1.82) is 0 Å². The molecular weight excluding hydrogens is 1480 g/mol. The molecule has 0 radical (unpaired) electrons. The maximum absolute atomic E-state index is 6.92. The van der Waals surface area contributed by atoms with E-state index in [0.29, 0.717) is 13.2 Å². The van der Waals surface area contributed by atoms with Crippen LogP contribution in [0, 0.1) is 0 Å². The molecule has 36 aromatic rings. The van der Waals surface area contributed by atoms with Gasteiger partial charge in [0.05, 0.1) is 33.6 Å². The van der Waals surface area contributed by atoms with E-state index in [9.17, 15) is 0 Å². The molecule has 2 N–H and O–H groups in total. The summed E-state index contributed by atoms with van der Waals surface area (Å²) in [4.78, 5) is 21.9. The number of likely N-dealkylation sites (N-methyl/N-ethyl adjacent to an activating group) is 1. The van der Waals surface area contributed by atoms with E-state index in [1.165, 1.54) is 5.56 Å². The lowest BCUT2D eigenvalue weighted by atomic mass is 9.47. The van der Waals surface area contributed by atoms with Crippen molar-refractivity contribution in [2.75, 3.05) is 26.8 Å². The van der Waals surface area contributed by atoms with Crippen LogP contribution in [-0.2, 0) is 10.8 Å². The van der Waals surface area contributed by atoms with Gasteiger partial charge in [0.15, 0.2) is 0 Å². The highest BCUT2D eigenvalue weighted by molar-refractivity contribution is 6.82. The number of benzene rings is 23. The molecule has 4 aliphatic carbocycles. The largest absolute Gasteiger partial charge is 0.490 e. The van der Waals surface area contributed by atoms with Crippen LogP contribution in [0.1, 0.15) is 56.6 Å². The fourth-order valence-electron chi connectivity index (χ4n) is 33.6. The first kappa shape index (κ1) is 54.7. The van der Waals surface area contributed by atoms with Crippen LogP contribution in [0.4, 0.5) is 0 Å². The third-order valence-corrected chi connectivity index (χ3v) is 35.8. The molecule has 43 rings (SSSR count). The van der Waals surface area contributed by atoms with Gasteiger partial charge in [-0.15, -0.1) is 0 Å². The average Bonchev–Trinajstić information content (AvgIpc) is 1.38. The third-order valence-electron chi connectivity index (χ3n) is 35.8. The summed E-state index contributed by atoms with van der Waals surface area (Å²) in [5, 5.41) is 88.5. The van der Waals surface area contributed by atoms with Crippen LogP contribution in [-0.4, -0.2) is 51.6 Å². The summed E-state index contributed by atoms with van der Waals surface area (Å²) in [6.07, 6.45) is 8.67. The van der Waals surface area contributed by atoms with E-state index < -0.39 is 5.41 Å². The number of rotatable bonds is 10. The maximum Gasteiger partial charge on any atom is 0.122 e. The highest BCUT2D eigenvalue weighted by Crippen LogP contribution is 2.87. The quantitative estimate of drug-likeness (QED) is 0.105. The summed E-state index contributed by atoms with van der Waals surface area (Å²) in [6.45, 7) is 1.73. The van der Waals surface area contributed by atoms with Gasteiger partial charge >= 0.3 is 0 Å². The van der Waals surface area contributed by atoms with Crippen LogP contribution in [0.15, 0.2) is 164 Å². The third kappa shape index (κ3) is 4.30. The fraction of sp³-hybridized carbons (Fsp3) is 0.0609. The summed E-state index contributed by atoms with van der Waals surface area (Å²) < 4.78 is 13.6. The number of H-pyrrole nitrogens is 2. The molecule has 2 spiro atoms. The van der Waals surface area contributed by atoms with Crippen LogP contribution in [0.5, 0.6) is 11.5 Å². The predicted octanol–water partition coefficient (Wildman–Crippen LogP) is 29.1. The van der Waals surface area contributed by atoms with Crippen LogP contribution in [0.3, 0.4) is 0 Å². The van der Waals surface area contributed by atoms with Crippen LogP contribution < -0.4 is 9.47 Å². The standard InChI is InChI=1S/C115H43N5O2/c1-120-35-114-109-101-93-83-73-65-57-55-56-59-63-61(57)69-77-71(63)81-75-67(59)68-60(56)64-62-58(55)66(65)74-80-70(62)78-72(64)82-76(68)86-85(75)97-91(81)99-89(77)95(87(93)79(69)73)103(109)105(99)111-107(97)108-98(86)92(82)100-90(78)96-88(80)94(84(74)83)102(101)110(114)104(96)106(100)112(108)115(111,114)113(120)40-19-23-42(24-20-40)122-34-33-121-41-21-17-39(18-22-41)54-49-31-29-47(118-49)52(37-13-7-3-8-14-37)45-27-25-43(116-45)51(36-11-5-2-6-12-36)44-26-28-46(117-44)53(38-15-9-4-10-16-38)48-30-32-50(54)119-48/h2-32,113,116,119H,33-35H2,1H3. The molecule has 0 saturated carbocycles. The van der Waals surface area contributed by atoms with Crippen molar-refractivity contribution >= 4 is 337 Å². The van der Waals surface area contributed by atoms with Crippen molar-refractivity contribution in [3.05, 3.63) is 214 Å². The Labute approximate surface area is 680 Å². The summed E-state index contributed by atoms with van der Waals surface area (Å²) in [6, 6.07) is 58.9. The summed E-state index contributed by atoms with van der Waals surface area (Å²) in [5.41, 5.74) is 23.1. The SMILES string of the molecule is CN1CC23c4c5c6c7c8c9c(c%10c%11c2c2c4c4c%12c5c5c6c6c8c8c%13c9c9c%10c%10c%11c%11c2c2c4c4c%12c%12c5c5c6c8c6c8c%13c9c9c%10c%10c%11c2c2c4c4c%12c5c6c5c8c9c%10c2c45)C73C1c1ccc(OCCOc2ccc(-c3c4nc(c(-c5ccccc5)c5ccc([nH]5)c(-c5ccccc5)c5nc(c(-c6ccccc6)c6ccc3[nH]6)C=C5)C=C4)cc2)cc1. The maximum atomic E-state index is 6.92. The Morgan fingerprint density at radius 2 is 0.484 bits per heavy atom. The molecular formula is C115H43N5O2. The molecule has 3 aromatic heterocycles. The molecule has 1 unspecified atom stereocenters. The van der Waals surface area contributed by atoms with Crippen molar-refractivity contribution in [3.8, 4) is 56.0 Å². The lowest BCUT2D eigenvalue weighted by Crippen LogP contribution is -2.51. The number of nitrogens with one attached hydrogen (secondary N) is 2. The number of aromatic nitrogens is 4. The number of hydrogen-bond donors (Lipinski definition) is 2. The van der Waals surface area contributed by atoms with Gasteiger partial charge in [0.25, 0.3) is 0 Å². The first-order valence-electron chi connectivity index (χ1n) is 43.9. The molecule has 3 aliphatic heterocycles. The van der Waals surface area contributed by atoms with Gasteiger partial charge in [0, 0.05) is 56.9 Å². The monoisotopic (exact) mass is 1530 g/mol. The fourth-order valence-corrected chi connectivity index (χ4v) is 33.6. The van der Waals surface area contributed by atoms with Crippen molar-refractivity contribution in [1.82, 2.24) is 24.8 Å². The Balaban J connectivity index is 0.494. The number of nitrogens with zero attached hydrogens (tertiary/aromatic N) is 3. The van der Waals surface area contributed by atoms with E-state index in [4.69, 9.17) is 19.4 Å². The van der Waals surface area contributed by atoms with Gasteiger partial charge in [-0.3, -0.25) is 4.90 Å². The smallest absolute Gasteiger partial charge is 0.122 e. The Hall–Kier alpha value is -15.3. The number of hydrogen-bond acceptors (Lipinski definition) is 5. The average molecular weight is 1530 g/mol. The number of fused-ring (bicyclic) bond motifs is 8. The van der Waals surface area contributed by atoms with Crippen molar-refractivity contribution in [2.24, 2.45) is 0 Å². The molecule has 7 nitrogen and oxygen atoms in total. The van der Waals surface area contributed by atoms with Crippen LogP contribution in [0.2, 0.25) is 0 Å². The lowest BCUT2D eigenvalue weighted by molar-refractivity contribution is 0.217. The molecule has 1 fully saturated rings. The van der Waals surface area contributed by atoms with Gasteiger partial charge in [-0.05, 0) is 421 Å². The first-order chi connectivity index (χ1) is 60.6. The Morgan fingerprint density at radius 1 is 0.262 bits per heavy atom. The zero-order valence-electron chi connectivity index (χ0n) is 64.3. The second-order valence-corrected chi connectivity index (χ2v) is 39.2. The zero-order valence-corrected chi connectivity index (χ0v) is 64.3. The van der Waals surface area contributed by atoms with Gasteiger partial charge in [0.1, 0.15) is 24.7 Å². The van der Waals surface area contributed by atoms with E-state index in [-0.39, 0.29) is 11.5 Å². The summed E-state index contributed by atoms with van der Waals surface area (Å²) in [5.74, 6) is 1.64. The molecule has 8 bridgehead atoms. The molecule has 1 saturated heterocycles. The molecule has 33 aromatic carbocycles. The topological polar surface area (TPSA) is 79.1 Å². The molecule has 1 atom stereocenters. The number of aromatic amines is 2. The van der Waals surface area contributed by atoms with Crippen molar-refractivity contribution < 1.29 is 9.47 Å². The van der Waals surface area contributed by atoms with E-state index in [2.05, 4.69) is 210 Å². The van der Waals surface area contributed by atoms with E-state index >= 15 is 0 Å². The highest BCUT2D eigenvalue weighted by atomic mass is 16.5. The lowest BCUT2D eigenvalue weighted by Gasteiger charge is -2.52. The normalized spacial score (nSPS) is 18.9. The zero-order chi connectivity index (χ0) is 75.9. The number of likely N-dealkylation sites (tertiary alicyclic amines) is 1. The minimum absolute atomic E-state index is 0.0226. The minimum Gasteiger partial charge on any atom is -0.490 e. The van der Waals surface area contributed by atoms with Gasteiger partial charge in [-0.1, -0.05) is 115 Å². The van der Waals surface area contributed by atoms with Crippen molar-refractivity contribution in [2.45, 2.75) is 16.9 Å². The molecule has 0 amide bonds. The molecule has 122 heavy (non-hydrogen) atoms. The molecule has 7 heteroatoms. The molecule has 6 heterocycles. The Bertz CT molecular complexity index is 11000. The van der Waals surface area contributed by atoms with E-state index in [1.807, 2.05) is 0 Å². The van der Waals surface area contributed by atoms with Crippen molar-refractivity contribution in [3.63, 3.8) is 0 Å². The van der Waals surface area contributed by atoms with Crippen LogP contribution >= 0.6 is 0 Å². The van der Waals surface area contributed by atoms with Gasteiger partial charge in [-0.25, -0.2) is 9.97 Å². The Morgan fingerprint density at radius 3 is 0.738 bits per heavy atom. The van der Waals surface area contributed by atoms with Gasteiger partial charge in [-0.2, -0.15) is 0 Å². The first-order valence-corrected chi connectivity index (χ1v) is 43.9. The molecule has 540 valence electrons. The molecule has 7 aliphatic rings. The number of ether oxygens (including phenoxy) is 2. The van der Waals surface area contributed by atoms with Crippen LogP contribution in [0.25, 0.3) is 382 Å².